The maximum atomic E-state index is 13.4. The predicted molar refractivity (Wildman–Crippen MR) is 117 cm³/mol. The molecule has 0 saturated carbocycles. The van der Waals surface area contributed by atoms with Crippen molar-refractivity contribution in [3.63, 3.8) is 0 Å². The number of methoxy groups -OCH3 is 1. The Morgan fingerprint density at radius 2 is 1.55 bits per heavy atom. The molecule has 2 aromatic rings. The van der Waals surface area contributed by atoms with Crippen molar-refractivity contribution in [2.24, 2.45) is 0 Å². The van der Waals surface area contributed by atoms with Gasteiger partial charge in [0.2, 0.25) is 21.8 Å². The molecule has 2 amide bonds. The van der Waals surface area contributed by atoms with E-state index in [4.69, 9.17) is 4.74 Å². The van der Waals surface area contributed by atoms with Crippen molar-refractivity contribution in [1.82, 2.24) is 4.31 Å². The van der Waals surface area contributed by atoms with Crippen molar-refractivity contribution < 1.29 is 22.7 Å². The lowest BCUT2D eigenvalue weighted by Crippen LogP contribution is -2.48. The van der Waals surface area contributed by atoms with Gasteiger partial charge in [-0.05, 0) is 42.8 Å². The highest BCUT2D eigenvalue weighted by atomic mass is 32.2. The minimum atomic E-state index is -3.87. The molecular weight excluding hydrogens is 418 g/mol. The molecule has 31 heavy (non-hydrogen) atoms. The predicted octanol–water partition coefficient (Wildman–Crippen LogP) is 2.17. The van der Waals surface area contributed by atoms with Crippen LogP contribution in [0, 0.1) is 6.92 Å². The third-order valence-electron chi connectivity index (χ3n) is 5.68. The van der Waals surface area contributed by atoms with Crippen LogP contribution in [0.15, 0.2) is 47.4 Å². The molecule has 0 spiro atoms. The van der Waals surface area contributed by atoms with E-state index in [-0.39, 0.29) is 41.0 Å². The highest BCUT2D eigenvalue weighted by Gasteiger charge is 2.34. The topological polar surface area (TPSA) is 87.2 Å². The fourth-order valence-electron chi connectivity index (χ4n) is 4.02. The van der Waals surface area contributed by atoms with E-state index in [0.717, 1.165) is 16.2 Å². The zero-order chi connectivity index (χ0) is 22.2. The van der Waals surface area contributed by atoms with Crippen LogP contribution in [0.3, 0.4) is 0 Å². The van der Waals surface area contributed by atoms with Gasteiger partial charge < -0.3 is 9.64 Å². The fraction of sp³-hybridized carbons (Fsp3) is 0.364. The van der Waals surface area contributed by atoms with Crippen molar-refractivity contribution in [2.45, 2.75) is 24.7 Å². The van der Waals surface area contributed by atoms with Crippen molar-refractivity contribution in [2.75, 3.05) is 43.1 Å². The van der Waals surface area contributed by atoms with Gasteiger partial charge in [-0.25, -0.2) is 8.42 Å². The molecule has 2 aromatic carbocycles. The van der Waals surface area contributed by atoms with Gasteiger partial charge in [0.1, 0.15) is 10.6 Å². The highest BCUT2D eigenvalue weighted by molar-refractivity contribution is 7.89. The van der Waals surface area contributed by atoms with Crippen LogP contribution in [0.5, 0.6) is 5.75 Å². The molecule has 0 bridgehead atoms. The third-order valence-corrected chi connectivity index (χ3v) is 7.60. The SMILES string of the molecule is COc1ccc(N2C(=O)CCC2=O)cc1S(=O)(=O)N1CCN(c2cccc(C)c2)CC1. The summed E-state index contributed by atoms with van der Waals surface area (Å²) in [4.78, 5) is 27.4. The molecular formula is C22H25N3O5S. The maximum absolute atomic E-state index is 13.4. The Labute approximate surface area is 182 Å². The first-order chi connectivity index (χ1) is 14.8. The Hall–Kier alpha value is -2.91. The normalized spacial score (nSPS) is 18.0. The molecule has 2 fully saturated rings. The highest BCUT2D eigenvalue weighted by Crippen LogP contribution is 2.33. The molecule has 2 aliphatic heterocycles. The van der Waals surface area contributed by atoms with Crippen molar-refractivity contribution in [3.05, 3.63) is 48.0 Å². The second-order valence-corrected chi connectivity index (χ2v) is 9.59. The van der Waals surface area contributed by atoms with Crippen LogP contribution in [-0.2, 0) is 19.6 Å². The van der Waals surface area contributed by atoms with Crippen LogP contribution in [0.25, 0.3) is 0 Å². The molecule has 2 aliphatic rings. The number of rotatable bonds is 5. The summed E-state index contributed by atoms with van der Waals surface area (Å²) >= 11 is 0. The van der Waals surface area contributed by atoms with Gasteiger partial charge in [0.25, 0.3) is 0 Å². The number of anilines is 2. The minimum Gasteiger partial charge on any atom is -0.495 e. The monoisotopic (exact) mass is 443 g/mol. The molecule has 164 valence electrons. The van der Waals surface area contributed by atoms with Crippen LogP contribution in [-0.4, -0.2) is 57.8 Å². The summed E-state index contributed by atoms with van der Waals surface area (Å²) in [6.45, 7) is 3.80. The standard InChI is InChI=1S/C22H25N3O5S/c1-16-4-3-5-17(14-16)23-10-12-24(13-11-23)31(28,29)20-15-18(6-7-19(20)30-2)25-21(26)8-9-22(25)27/h3-7,14-15H,8-13H2,1-2H3. The largest absolute Gasteiger partial charge is 0.495 e. The number of ether oxygens (including phenoxy) is 1. The average Bonchev–Trinajstić information content (AvgIpc) is 3.11. The molecule has 2 heterocycles. The van der Waals surface area contributed by atoms with E-state index in [1.54, 1.807) is 0 Å². The maximum Gasteiger partial charge on any atom is 0.246 e. The number of piperazine rings is 1. The lowest BCUT2D eigenvalue weighted by atomic mass is 10.2. The summed E-state index contributed by atoms with van der Waals surface area (Å²) in [5.74, 6) is -0.473. The number of nitrogens with zero attached hydrogens (tertiary/aromatic N) is 3. The molecule has 8 nitrogen and oxygen atoms in total. The first-order valence-corrected chi connectivity index (χ1v) is 11.6. The number of carbonyl (C=O) groups is 2. The Balaban J connectivity index is 1.59. The minimum absolute atomic E-state index is 0.0380. The van der Waals surface area contributed by atoms with E-state index in [1.807, 2.05) is 25.1 Å². The summed E-state index contributed by atoms with van der Waals surface area (Å²) in [5, 5.41) is 0. The van der Waals surface area contributed by atoms with Gasteiger partial charge in [0.15, 0.2) is 0 Å². The number of aryl methyl sites for hydroxylation is 1. The average molecular weight is 444 g/mol. The zero-order valence-electron chi connectivity index (χ0n) is 17.6. The summed E-state index contributed by atoms with van der Waals surface area (Å²) in [6, 6.07) is 12.5. The number of amides is 2. The molecule has 0 N–H and O–H groups in total. The number of hydrogen-bond donors (Lipinski definition) is 0. The van der Waals surface area contributed by atoms with E-state index >= 15 is 0 Å². The molecule has 9 heteroatoms. The number of carbonyl (C=O) groups excluding carboxylic acids is 2. The van der Waals surface area contributed by atoms with Crippen LogP contribution in [0.4, 0.5) is 11.4 Å². The van der Waals surface area contributed by atoms with Gasteiger partial charge >= 0.3 is 0 Å². The lowest BCUT2D eigenvalue weighted by Gasteiger charge is -2.35. The Morgan fingerprint density at radius 1 is 0.871 bits per heavy atom. The van der Waals surface area contributed by atoms with E-state index in [2.05, 4.69) is 11.0 Å². The van der Waals surface area contributed by atoms with E-state index in [0.29, 0.717) is 26.2 Å². The van der Waals surface area contributed by atoms with Gasteiger partial charge in [0.05, 0.1) is 12.8 Å². The Bertz CT molecular complexity index is 1110. The van der Waals surface area contributed by atoms with E-state index in [9.17, 15) is 18.0 Å². The number of imide groups is 1. The van der Waals surface area contributed by atoms with E-state index in [1.165, 1.54) is 29.6 Å². The third kappa shape index (κ3) is 4.03. The van der Waals surface area contributed by atoms with E-state index < -0.39 is 10.0 Å². The van der Waals surface area contributed by atoms with Gasteiger partial charge in [0, 0.05) is 44.7 Å². The number of sulfonamides is 1. The van der Waals surface area contributed by atoms with Crippen LogP contribution in [0.1, 0.15) is 18.4 Å². The van der Waals surface area contributed by atoms with Crippen LogP contribution >= 0.6 is 0 Å². The molecule has 0 aliphatic carbocycles. The molecule has 2 saturated heterocycles. The summed E-state index contributed by atoms with van der Waals surface area (Å²) in [7, 11) is -2.47. The van der Waals surface area contributed by atoms with Crippen molar-refractivity contribution in [3.8, 4) is 5.75 Å². The number of hydrogen-bond acceptors (Lipinski definition) is 6. The molecule has 4 rings (SSSR count). The number of benzene rings is 2. The molecule has 0 aromatic heterocycles. The molecule has 0 unspecified atom stereocenters. The van der Waals surface area contributed by atoms with Crippen molar-refractivity contribution >= 4 is 33.2 Å². The molecule has 0 atom stereocenters. The zero-order valence-corrected chi connectivity index (χ0v) is 18.4. The van der Waals surface area contributed by atoms with Crippen LogP contribution < -0.4 is 14.5 Å². The Kier molecular flexibility index (Phi) is 5.72. The smallest absolute Gasteiger partial charge is 0.246 e. The lowest BCUT2D eigenvalue weighted by molar-refractivity contribution is -0.121. The first-order valence-electron chi connectivity index (χ1n) is 10.2. The van der Waals surface area contributed by atoms with Crippen molar-refractivity contribution in [1.29, 1.82) is 0 Å². The molecule has 0 radical (unpaired) electrons. The summed E-state index contributed by atoms with van der Waals surface area (Å²) in [5.41, 5.74) is 2.48. The summed E-state index contributed by atoms with van der Waals surface area (Å²) in [6.07, 6.45) is 0.266. The van der Waals surface area contributed by atoms with Crippen LogP contribution in [0.2, 0.25) is 0 Å². The quantitative estimate of drug-likeness (QED) is 0.659. The Morgan fingerprint density at radius 3 is 2.16 bits per heavy atom. The van der Waals surface area contributed by atoms with Gasteiger partial charge in [-0.1, -0.05) is 12.1 Å². The van der Waals surface area contributed by atoms with Gasteiger partial charge in [-0.3, -0.25) is 14.5 Å². The second-order valence-electron chi connectivity index (χ2n) is 7.69. The van der Waals surface area contributed by atoms with Gasteiger partial charge in [-0.2, -0.15) is 4.31 Å². The fourth-order valence-corrected chi connectivity index (χ4v) is 5.62. The first kappa shape index (κ1) is 21.3. The summed E-state index contributed by atoms with van der Waals surface area (Å²) < 4.78 is 33.6. The second kappa shape index (κ2) is 8.32. The van der Waals surface area contributed by atoms with Gasteiger partial charge in [-0.15, -0.1) is 0 Å².